The highest BCUT2D eigenvalue weighted by atomic mass is 35.5. The van der Waals surface area contributed by atoms with Gasteiger partial charge in [-0.3, -0.25) is 4.18 Å². The summed E-state index contributed by atoms with van der Waals surface area (Å²) < 4.78 is 32.1. The van der Waals surface area contributed by atoms with Gasteiger partial charge in [0, 0.05) is 0 Å². The van der Waals surface area contributed by atoms with Crippen molar-refractivity contribution in [2.45, 2.75) is 13.0 Å². The molecule has 0 spiro atoms. The third kappa shape index (κ3) is 6.39. The smallest absolute Gasteiger partial charge is 0.264 e. The van der Waals surface area contributed by atoms with E-state index in [1.807, 2.05) is 30.3 Å². The minimum absolute atomic E-state index is 0.127. The van der Waals surface area contributed by atoms with Gasteiger partial charge in [-0.1, -0.05) is 41.4 Å². The minimum atomic E-state index is -3.39. The summed E-state index contributed by atoms with van der Waals surface area (Å²) in [5.74, 6) is 0.712. The van der Waals surface area contributed by atoms with E-state index in [0.717, 1.165) is 17.4 Å². The maximum Gasteiger partial charge on any atom is 0.264 e. The van der Waals surface area contributed by atoms with Crippen LogP contribution in [0.1, 0.15) is 11.1 Å². The number of hydrogen-bond donors (Lipinski definition) is 0. The number of ether oxygens (including phenoxy) is 1. The Balaban J connectivity index is 1.86. The summed E-state index contributed by atoms with van der Waals surface area (Å²) in [4.78, 5) is 0. The van der Waals surface area contributed by atoms with Crippen molar-refractivity contribution < 1.29 is 17.3 Å². The molecule has 23 heavy (non-hydrogen) atoms. The molecule has 7 heteroatoms. The van der Waals surface area contributed by atoms with E-state index in [1.54, 1.807) is 12.1 Å². The third-order valence-electron chi connectivity index (χ3n) is 3.00. The van der Waals surface area contributed by atoms with Crippen LogP contribution in [0.15, 0.2) is 42.5 Å². The van der Waals surface area contributed by atoms with Gasteiger partial charge in [0.15, 0.2) is 0 Å². The third-order valence-corrected chi connectivity index (χ3v) is 4.33. The van der Waals surface area contributed by atoms with Gasteiger partial charge in [0.05, 0.1) is 22.9 Å². The molecule has 0 N–H and O–H groups in total. The van der Waals surface area contributed by atoms with Crippen LogP contribution in [0, 0.1) is 0 Å². The van der Waals surface area contributed by atoms with Crippen molar-refractivity contribution in [1.29, 1.82) is 0 Å². The Labute approximate surface area is 146 Å². The summed E-state index contributed by atoms with van der Waals surface area (Å²) >= 11 is 11.8. The molecule has 0 amide bonds. The molecule has 0 aliphatic heterocycles. The van der Waals surface area contributed by atoms with Crippen LogP contribution in [-0.2, 0) is 27.3 Å². The van der Waals surface area contributed by atoms with Gasteiger partial charge >= 0.3 is 0 Å². The number of rotatable bonds is 7. The van der Waals surface area contributed by atoms with Crippen LogP contribution >= 0.6 is 23.2 Å². The molecule has 0 saturated carbocycles. The summed E-state index contributed by atoms with van der Waals surface area (Å²) in [6.07, 6.45) is 1.55. The van der Waals surface area contributed by atoms with Crippen molar-refractivity contribution in [3.05, 3.63) is 63.6 Å². The van der Waals surface area contributed by atoms with E-state index in [9.17, 15) is 8.42 Å². The molecule has 0 unspecified atom stereocenters. The molecule has 2 aromatic carbocycles. The van der Waals surface area contributed by atoms with Crippen LogP contribution in [-0.4, -0.2) is 21.3 Å². The van der Waals surface area contributed by atoms with Crippen LogP contribution in [0.3, 0.4) is 0 Å². The fourth-order valence-electron chi connectivity index (χ4n) is 1.86. The first kappa shape index (κ1) is 18.1. The van der Waals surface area contributed by atoms with E-state index in [2.05, 4.69) is 0 Å². The molecule has 0 fully saturated rings. The summed E-state index contributed by atoms with van der Waals surface area (Å²) in [7, 11) is -3.39. The Bertz CT molecular complexity index is 758. The molecule has 2 aromatic rings. The molecule has 124 valence electrons. The Hall–Kier alpha value is -1.27. The normalized spacial score (nSPS) is 11.4. The van der Waals surface area contributed by atoms with E-state index >= 15 is 0 Å². The first-order valence-electron chi connectivity index (χ1n) is 6.83. The van der Waals surface area contributed by atoms with Crippen molar-refractivity contribution in [3.8, 4) is 5.75 Å². The quantitative estimate of drug-likeness (QED) is 0.684. The predicted molar refractivity (Wildman–Crippen MR) is 91.7 cm³/mol. The van der Waals surface area contributed by atoms with Gasteiger partial charge in [0.2, 0.25) is 0 Å². The van der Waals surface area contributed by atoms with Crippen LogP contribution in [0.25, 0.3) is 0 Å². The molecular weight excluding hydrogens is 359 g/mol. The van der Waals surface area contributed by atoms with Crippen molar-refractivity contribution in [2.24, 2.45) is 0 Å². The average Bonchev–Trinajstić information content (AvgIpc) is 2.48. The zero-order chi connectivity index (χ0) is 16.9. The molecule has 0 bridgehead atoms. The molecule has 0 radical (unpaired) electrons. The first-order valence-corrected chi connectivity index (χ1v) is 9.41. The topological polar surface area (TPSA) is 52.6 Å². The molecule has 0 heterocycles. The SMILES string of the molecule is CS(=O)(=O)OCCc1ccc(OCc2ccc(Cl)c(Cl)c2)cc1. The fraction of sp³-hybridized carbons (Fsp3) is 0.250. The van der Waals surface area contributed by atoms with Crippen molar-refractivity contribution in [2.75, 3.05) is 12.9 Å². The molecule has 0 saturated heterocycles. The molecule has 0 atom stereocenters. The minimum Gasteiger partial charge on any atom is -0.489 e. The predicted octanol–water partition coefficient (Wildman–Crippen LogP) is 4.09. The molecule has 0 aromatic heterocycles. The lowest BCUT2D eigenvalue weighted by Crippen LogP contribution is -2.06. The lowest BCUT2D eigenvalue weighted by atomic mass is 10.1. The van der Waals surface area contributed by atoms with Gasteiger partial charge in [-0.05, 0) is 41.8 Å². The maximum atomic E-state index is 10.9. The fourth-order valence-corrected chi connectivity index (χ4v) is 2.57. The highest BCUT2D eigenvalue weighted by Crippen LogP contribution is 2.23. The van der Waals surface area contributed by atoms with Crippen LogP contribution in [0.2, 0.25) is 10.0 Å². The van der Waals surface area contributed by atoms with Gasteiger partial charge in [0.25, 0.3) is 10.1 Å². The highest BCUT2D eigenvalue weighted by Gasteiger charge is 2.03. The van der Waals surface area contributed by atoms with Gasteiger partial charge in [-0.15, -0.1) is 0 Å². The average molecular weight is 375 g/mol. The summed E-state index contributed by atoms with van der Waals surface area (Å²) in [6, 6.07) is 12.7. The first-order chi connectivity index (χ1) is 10.8. The van der Waals surface area contributed by atoms with Crippen LogP contribution < -0.4 is 4.74 Å². The Morgan fingerprint density at radius 3 is 2.22 bits per heavy atom. The summed E-state index contributed by atoms with van der Waals surface area (Å²) in [5, 5.41) is 1.00. The lowest BCUT2D eigenvalue weighted by molar-refractivity contribution is 0.305. The monoisotopic (exact) mass is 374 g/mol. The Kier molecular flexibility index (Phi) is 6.30. The van der Waals surface area contributed by atoms with E-state index in [0.29, 0.717) is 28.8 Å². The Morgan fingerprint density at radius 2 is 1.61 bits per heavy atom. The zero-order valence-electron chi connectivity index (χ0n) is 12.5. The molecule has 0 aliphatic rings. The largest absolute Gasteiger partial charge is 0.489 e. The lowest BCUT2D eigenvalue weighted by Gasteiger charge is -2.08. The van der Waals surface area contributed by atoms with E-state index in [4.69, 9.17) is 32.1 Å². The number of halogens is 2. The highest BCUT2D eigenvalue weighted by molar-refractivity contribution is 7.85. The molecule has 4 nitrogen and oxygen atoms in total. The van der Waals surface area contributed by atoms with Gasteiger partial charge in [0.1, 0.15) is 12.4 Å². The van der Waals surface area contributed by atoms with E-state index in [-0.39, 0.29) is 6.61 Å². The molecule has 0 aliphatic carbocycles. The van der Waals surface area contributed by atoms with E-state index in [1.165, 1.54) is 0 Å². The van der Waals surface area contributed by atoms with Gasteiger partial charge < -0.3 is 4.74 Å². The second-order valence-corrected chi connectivity index (χ2v) is 7.42. The van der Waals surface area contributed by atoms with E-state index < -0.39 is 10.1 Å². The number of hydrogen-bond acceptors (Lipinski definition) is 4. The van der Waals surface area contributed by atoms with Crippen LogP contribution in [0.5, 0.6) is 5.75 Å². The second-order valence-electron chi connectivity index (χ2n) is 4.96. The van der Waals surface area contributed by atoms with Gasteiger partial charge in [-0.25, -0.2) is 0 Å². The molecule has 2 rings (SSSR count). The number of benzene rings is 2. The summed E-state index contributed by atoms with van der Waals surface area (Å²) in [5.41, 5.74) is 1.89. The van der Waals surface area contributed by atoms with Crippen molar-refractivity contribution in [1.82, 2.24) is 0 Å². The molecular formula is C16H16Cl2O4S. The second kappa shape index (κ2) is 8.02. The van der Waals surface area contributed by atoms with Crippen LogP contribution in [0.4, 0.5) is 0 Å². The van der Waals surface area contributed by atoms with Gasteiger partial charge in [-0.2, -0.15) is 8.42 Å². The maximum absolute atomic E-state index is 10.9. The zero-order valence-corrected chi connectivity index (χ0v) is 14.8. The standard InChI is InChI=1S/C16H16Cl2O4S/c1-23(19,20)22-9-8-12-2-5-14(6-3-12)21-11-13-4-7-15(17)16(18)10-13/h2-7,10H,8-9,11H2,1H3. The van der Waals surface area contributed by atoms with Crippen molar-refractivity contribution >= 4 is 33.3 Å². The summed E-state index contributed by atoms with van der Waals surface area (Å²) in [6.45, 7) is 0.510. The van der Waals surface area contributed by atoms with Crippen molar-refractivity contribution in [3.63, 3.8) is 0 Å². The Morgan fingerprint density at radius 1 is 0.957 bits per heavy atom.